The van der Waals surface area contributed by atoms with E-state index in [1.165, 1.54) is 13.0 Å². The number of pyridine rings is 1. The Kier molecular flexibility index (Phi) is 2.27. The van der Waals surface area contributed by atoms with E-state index >= 15 is 0 Å². The monoisotopic (exact) mass is 181 g/mol. The molecule has 0 spiro atoms. The molecule has 0 unspecified atom stereocenters. The molecule has 1 aromatic heterocycles. The van der Waals surface area contributed by atoms with Gasteiger partial charge in [0.25, 0.3) is 0 Å². The molecule has 0 saturated carbocycles. The molecule has 0 radical (unpaired) electrons. The number of carboxylic acids is 2. The highest BCUT2D eigenvalue weighted by atomic mass is 16.4. The van der Waals surface area contributed by atoms with Crippen molar-refractivity contribution in [3.63, 3.8) is 0 Å². The van der Waals surface area contributed by atoms with Gasteiger partial charge in [0, 0.05) is 6.20 Å². The number of carboxylic acid groups (broad SMARTS) is 2. The predicted molar refractivity (Wildman–Crippen MR) is 42.9 cm³/mol. The SMILES string of the molecule is Cc1cc(C(=O)O)cnc1C(=O)O. The van der Waals surface area contributed by atoms with Gasteiger partial charge < -0.3 is 10.2 Å². The number of aromatic carboxylic acids is 2. The number of rotatable bonds is 2. The third-order valence-electron chi connectivity index (χ3n) is 1.53. The molecule has 0 amide bonds. The van der Waals surface area contributed by atoms with Crippen molar-refractivity contribution in [1.82, 2.24) is 4.98 Å². The molecule has 1 heterocycles. The second-order valence-electron chi connectivity index (χ2n) is 2.50. The molecule has 68 valence electrons. The average molecular weight is 181 g/mol. The number of aryl methyl sites for hydroxylation is 1. The molecule has 0 atom stereocenters. The Balaban J connectivity index is 3.20. The molecule has 5 heteroatoms. The summed E-state index contributed by atoms with van der Waals surface area (Å²) in [6, 6.07) is 1.28. The van der Waals surface area contributed by atoms with E-state index in [0.717, 1.165) is 6.20 Å². The highest BCUT2D eigenvalue weighted by molar-refractivity contribution is 5.91. The fourth-order valence-corrected chi connectivity index (χ4v) is 0.916. The first kappa shape index (κ1) is 9.18. The lowest BCUT2D eigenvalue weighted by Gasteiger charge is -1.99. The summed E-state index contributed by atoms with van der Waals surface area (Å²) >= 11 is 0. The zero-order valence-corrected chi connectivity index (χ0v) is 6.81. The van der Waals surface area contributed by atoms with Gasteiger partial charge in [-0.2, -0.15) is 0 Å². The van der Waals surface area contributed by atoms with Gasteiger partial charge in [0.1, 0.15) is 0 Å². The molecule has 1 rings (SSSR count). The third kappa shape index (κ3) is 1.81. The fraction of sp³-hybridized carbons (Fsp3) is 0.125. The predicted octanol–water partition coefficient (Wildman–Crippen LogP) is 0.786. The summed E-state index contributed by atoms with van der Waals surface area (Å²) in [7, 11) is 0. The van der Waals surface area contributed by atoms with E-state index in [-0.39, 0.29) is 11.3 Å². The van der Waals surface area contributed by atoms with Crippen molar-refractivity contribution in [3.8, 4) is 0 Å². The van der Waals surface area contributed by atoms with Crippen molar-refractivity contribution >= 4 is 11.9 Å². The molecule has 13 heavy (non-hydrogen) atoms. The summed E-state index contributed by atoms with van der Waals surface area (Å²) in [6.45, 7) is 1.50. The third-order valence-corrected chi connectivity index (χ3v) is 1.53. The van der Waals surface area contributed by atoms with Crippen molar-refractivity contribution in [3.05, 3.63) is 29.1 Å². The van der Waals surface area contributed by atoms with E-state index in [9.17, 15) is 9.59 Å². The zero-order valence-electron chi connectivity index (χ0n) is 6.81. The first-order valence-electron chi connectivity index (χ1n) is 3.45. The maximum absolute atomic E-state index is 10.5. The van der Waals surface area contributed by atoms with Crippen LogP contribution in [0.5, 0.6) is 0 Å². The second kappa shape index (κ2) is 3.22. The van der Waals surface area contributed by atoms with Crippen molar-refractivity contribution < 1.29 is 19.8 Å². The van der Waals surface area contributed by atoms with Crippen LogP contribution in [0.15, 0.2) is 12.3 Å². The van der Waals surface area contributed by atoms with Crippen LogP contribution in [-0.4, -0.2) is 27.1 Å². The lowest BCUT2D eigenvalue weighted by atomic mass is 10.1. The number of hydrogen-bond acceptors (Lipinski definition) is 3. The first-order chi connectivity index (χ1) is 6.02. The largest absolute Gasteiger partial charge is 0.478 e. The molecule has 0 aliphatic rings. The van der Waals surface area contributed by atoms with Gasteiger partial charge in [-0.15, -0.1) is 0 Å². The van der Waals surface area contributed by atoms with Crippen LogP contribution >= 0.6 is 0 Å². The van der Waals surface area contributed by atoms with Crippen LogP contribution in [0.3, 0.4) is 0 Å². The fourth-order valence-electron chi connectivity index (χ4n) is 0.916. The van der Waals surface area contributed by atoms with Crippen LogP contribution in [0.2, 0.25) is 0 Å². The van der Waals surface area contributed by atoms with E-state index in [0.29, 0.717) is 5.56 Å². The Morgan fingerprint density at radius 1 is 1.31 bits per heavy atom. The minimum atomic E-state index is -1.16. The van der Waals surface area contributed by atoms with Crippen LogP contribution in [0.25, 0.3) is 0 Å². The van der Waals surface area contributed by atoms with Crippen molar-refractivity contribution in [2.75, 3.05) is 0 Å². The van der Waals surface area contributed by atoms with Crippen LogP contribution in [0, 0.1) is 6.92 Å². The molecule has 5 nitrogen and oxygen atoms in total. The lowest BCUT2D eigenvalue weighted by Crippen LogP contribution is -2.06. The van der Waals surface area contributed by atoms with Crippen LogP contribution in [-0.2, 0) is 0 Å². The highest BCUT2D eigenvalue weighted by Gasteiger charge is 2.11. The number of aromatic nitrogens is 1. The van der Waals surface area contributed by atoms with E-state index in [1.807, 2.05) is 0 Å². The molecule has 0 saturated heterocycles. The molecular weight excluding hydrogens is 174 g/mol. The van der Waals surface area contributed by atoms with Crippen LogP contribution in [0.4, 0.5) is 0 Å². The number of carbonyl (C=O) groups is 2. The smallest absolute Gasteiger partial charge is 0.354 e. The molecule has 0 aliphatic heterocycles. The minimum Gasteiger partial charge on any atom is -0.478 e. The minimum absolute atomic E-state index is 0.0116. The van der Waals surface area contributed by atoms with Gasteiger partial charge in [-0.05, 0) is 18.6 Å². The Morgan fingerprint density at radius 3 is 2.31 bits per heavy atom. The van der Waals surface area contributed by atoms with Crippen LogP contribution in [0.1, 0.15) is 26.4 Å². The normalized spacial score (nSPS) is 9.62. The Morgan fingerprint density at radius 2 is 1.92 bits per heavy atom. The second-order valence-corrected chi connectivity index (χ2v) is 2.50. The Labute approximate surface area is 73.7 Å². The van der Waals surface area contributed by atoms with Crippen molar-refractivity contribution in [2.45, 2.75) is 6.92 Å². The maximum atomic E-state index is 10.5. The summed E-state index contributed by atoms with van der Waals surface area (Å²) in [5, 5.41) is 17.1. The molecule has 0 fully saturated rings. The summed E-state index contributed by atoms with van der Waals surface area (Å²) in [4.78, 5) is 24.5. The zero-order chi connectivity index (χ0) is 10.0. The number of hydrogen-bond donors (Lipinski definition) is 2. The molecule has 0 aromatic carbocycles. The van der Waals surface area contributed by atoms with Gasteiger partial charge in [-0.3, -0.25) is 0 Å². The van der Waals surface area contributed by atoms with Crippen molar-refractivity contribution in [2.24, 2.45) is 0 Å². The van der Waals surface area contributed by atoms with E-state index < -0.39 is 11.9 Å². The topological polar surface area (TPSA) is 87.5 Å². The molecule has 0 bridgehead atoms. The molecular formula is C8H7NO4. The van der Waals surface area contributed by atoms with Gasteiger partial charge in [0.2, 0.25) is 0 Å². The van der Waals surface area contributed by atoms with E-state index in [2.05, 4.69) is 4.98 Å². The summed E-state index contributed by atoms with van der Waals surface area (Å²) in [5.41, 5.74) is 0.208. The van der Waals surface area contributed by atoms with Crippen molar-refractivity contribution in [1.29, 1.82) is 0 Å². The molecule has 1 aromatic rings. The molecule has 0 aliphatic carbocycles. The quantitative estimate of drug-likeness (QED) is 0.704. The molecule has 2 N–H and O–H groups in total. The van der Waals surface area contributed by atoms with Crippen LogP contribution < -0.4 is 0 Å². The van der Waals surface area contributed by atoms with Gasteiger partial charge in [0.15, 0.2) is 5.69 Å². The summed E-state index contributed by atoms with van der Waals surface area (Å²) in [5.74, 6) is -2.28. The van der Waals surface area contributed by atoms with Gasteiger partial charge >= 0.3 is 11.9 Å². The Hall–Kier alpha value is -1.91. The summed E-state index contributed by atoms with van der Waals surface area (Å²) < 4.78 is 0. The first-order valence-corrected chi connectivity index (χ1v) is 3.45. The van der Waals surface area contributed by atoms with E-state index in [4.69, 9.17) is 10.2 Å². The van der Waals surface area contributed by atoms with Gasteiger partial charge in [-0.25, -0.2) is 14.6 Å². The maximum Gasteiger partial charge on any atom is 0.354 e. The number of nitrogens with zero attached hydrogens (tertiary/aromatic N) is 1. The highest BCUT2D eigenvalue weighted by Crippen LogP contribution is 2.07. The van der Waals surface area contributed by atoms with E-state index in [1.54, 1.807) is 0 Å². The average Bonchev–Trinajstić information content (AvgIpc) is 2.03. The van der Waals surface area contributed by atoms with Gasteiger partial charge in [-0.1, -0.05) is 0 Å². The van der Waals surface area contributed by atoms with Gasteiger partial charge in [0.05, 0.1) is 5.56 Å². The standard InChI is InChI=1S/C8H7NO4/c1-4-2-5(7(10)11)3-9-6(4)8(12)13/h2-3H,1H3,(H,10,11)(H,12,13). The Bertz CT molecular complexity index is 372. The lowest BCUT2D eigenvalue weighted by molar-refractivity contribution is 0.0675. The summed E-state index contributed by atoms with van der Waals surface area (Å²) in [6.07, 6.45) is 1.03.